The van der Waals surface area contributed by atoms with Crippen molar-refractivity contribution in [2.24, 2.45) is 17.8 Å². The predicted octanol–water partition coefficient (Wildman–Crippen LogP) is 7.02. The molecule has 0 aromatic rings. The summed E-state index contributed by atoms with van der Waals surface area (Å²) in [5, 5.41) is 0. The molecule has 0 N–H and O–H groups in total. The van der Waals surface area contributed by atoms with E-state index in [0.717, 1.165) is 43.0 Å². The molecule has 140 valence electrons. The molecule has 25 heavy (non-hydrogen) atoms. The van der Waals surface area contributed by atoms with Crippen molar-refractivity contribution >= 4 is 0 Å². The van der Waals surface area contributed by atoms with Gasteiger partial charge in [0, 0.05) is 6.61 Å². The molecule has 1 heteroatoms. The summed E-state index contributed by atoms with van der Waals surface area (Å²) in [6.45, 7) is 7.76. The van der Waals surface area contributed by atoms with Gasteiger partial charge in [-0.05, 0) is 56.8 Å². The first-order valence-corrected chi connectivity index (χ1v) is 10.5. The minimum Gasteiger partial charge on any atom is -0.377 e. The maximum absolute atomic E-state index is 5.89. The smallest absolute Gasteiger partial charge is 0.0650 e. The van der Waals surface area contributed by atoms with Crippen LogP contribution >= 0.6 is 0 Å². The topological polar surface area (TPSA) is 9.23 Å². The lowest BCUT2D eigenvalue weighted by atomic mass is 9.71. The summed E-state index contributed by atoms with van der Waals surface area (Å²) in [6, 6.07) is 0. The average molecular weight is 343 g/mol. The molecular weight excluding hydrogens is 304 g/mol. The van der Waals surface area contributed by atoms with Gasteiger partial charge in [-0.1, -0.05) is 80.7 Å². The lowest BCUT2D eigenvalue weighted by Gasteiger charge is -2.35. The molecule has 0 aliphatic heterocycles. The van der Waals surface area contributed by atoms with Crippen molar-refractivity contribution < 1.29 is 4.74 Å². The van der Waals surface area contributed by atoms with Crippen LogP contribution < -0.4 is 0 Å². The minimum atomic E-state index is 0.722. The van der Waals surface area contributed by atoms with Crippen LogP contribution in [0.15, 0.2) is 48.6 Å². The zero-order chi connectivity index (χ0) is 17.7. The summed E-state index contributed by atoms with van der Waals surface area (Å²) in [4.78, 5) is 0. The van der Waals surface area contributed by atoms with Crippen LogP contribution in [0.3, 0.4) is 0 Å². The van der Waals surface area contributed by atoms with Crippen molar-refractivity contribution in [3.8, 4) is 0 Å². The SMILES string of the molecule is C=C(/C=C\COCC1CCC(C2CCCCC2)CC1)C/C=C\C=C/C. The fraction of sp³-hybridized carbons (Fsp3) is 0.667. The largest absolute Gasteiger partial charge is 0.377 e. The van der Waals surface area contributed by atoms with Crippen molar-refractivity contribution in [3.63, 3.8) is 0 Å². The van der Waals surface area contributed by atoms with Gasteiger partial charge in [0.05, 0.1) is 6.61 Å². The molecule has 0 saturated heterocycles. The van der Waals surface area contributed by atoms with Crippen LogP contribution in [0.25, 0.3) is 0 Å². The van der Waals surface area contributed by atoms with Gasteiger partial charge in [0.25, 0.3) is 0 Å². The van der Waals surface area contributed by atoms with Crippen LogP contribution in [-0.2, 0) is 4.74 Å². The second-order valence-corrected chi connectivity index (χ2v) is 7.94. The maximum atomic E-state index is 5.89. The second kappa shape index (κ2) is 12.3. The molecule has 0 radical (unpaired) electrons. The Hall–Kier alpha value is -1.08. The predicted molar refractivity (Wildman–Crippen MR) is 110 cm³/mol. The zero-order valence-electron chi connectivity index (χ0n) is 16.3. The molecule has 0 aromatic carbocycles. The maximum Gasteiger partial charge on any atom is 0.0650 e. The first-order valence-electron chi connectivity index (χ1n) is 10.5. The van der Waals surface area contributed by atoms with E-state index in [4.69, 9.17) is 4.74 Å². The van der Waals surface area contributed by atoms with Crippen LogP contribution in [0.1, 0.15) is 71.1 Å². The highest BCUT2D eigenvalue weighted by molar-refractivity contribution is 5.19. The minimum absolute atomic E-state index is 0.722. The van der Waals surface area contributed by atoms with E-state index in [0.29, 0.717) is 0 Å². The third kappa shape index (κ3) is 8.23. The molecule has 2 saturated carbocycles. The summed E-state index contributed by atoms with van der Waals surface area (Å²) in [5.41, 5.74) is 1.14. The molecule has 0 spiro atoms. The highest BCUT2D eigenvalue weighted by atomic mass is 16.5. The lowest BCUT2D eigenvalue weighted by molar-refractivity contribution is 0.0818. The summed E-state index contributed by atoms with van der Waals surface area (Å²) in [5.74, 6) is 2.86. The van der Waals surface area contributed by atoms with Gasteiger partial charge < -0.3 is 4.74 Å². The van der Waals surface area contributed by atoms with E-state index in [2.05, 4.69) is 30.9 Å². The molecule has 0 bridgehead atoms. The molecule has 2 aliphatic carbocycles. The van der Waals surface area contributed by atoms with E-state index in [-0.39, 0.29) is 0 Å². The number of allylic oxidation sites excluding steroid dienone is 6. The molecule has 0 amide bonds. The van der Waals surface area contributed by atoms with Gasteiger partial charge in [-0.3, -0.25) is 0 Å². The Morgan fingerprint density at radius 2 is 1.64 bits per heavy atom. The van der Waals surface area contributed by atoms with E-state index in [1.165, 1.54) is 57.8 Å². The van der Waals surface area contributed by atoms with Gasteiger partial charge in [0.1, 0.15) is 0 Å². The Morgan fingerprint density at radius 1 is 0.920 bits per heavy atom. The highest BCUT2D eigenvalue weighted by Crippen LogP contribution is 2.39. The van der Waals surface area contributed by atoms with Crippen LogP contribution in [0, 0.1) is 17.8 Å². The molecule has 0 unspecified atom stereocenters. The molecule has 2 aliphatic rings. The Balaban J connectivity index is 1.52. The third-order valence-corrected chi connectivity index (χ3v) is 5.95. The molecule has 2 fully saturated rings. The van der Waals surface area contributed by atoms with Crippen molar-refractivity contribution in [3.05, 3.63) is 48.6 Å². The van der Waals surface area contributed by atoms with E-state index in [9.17, 15) is 0 Å². The summed E-state index contributed by atoms with van der Waals surface area (Å²) in [7, 11) is 0. The number of hydrogen-bond acceptors (Lipinski definition) is 1. The van der Waals surface area contributed by atoms with Gasteiger partial charge in [-0.25, -0.2) is 0 Å². The molecule has 0 aromatic heterocycles. The fourth-order valence-corrected chi connectivity index (χ4v) is 4.43. The Labute approximate surface area is 155 Å². The van der Waals surface area contributed by atoms with E-state index < -0.39 is 0 Å². The molecule has 0 atom stereocenters. The monoisotopic (exact) mass is 342 g/mol. The lowest BCUT2D eigenvalue weighted by Crippen LogP contribution is -2.25. The first-order chi connectivity index (χ1) is 12.3. The molecule has 0 heterocycles. The standard InChI is InChI=1S/C24H38O/c1-3-4-5-7-11-21(2)12-10-19-25-20-22-15-17-24(18-16-22)23-13-8-6-9-14-23/h3-5,7,10,12,22-24H,2,6,8-9,11,13-20H2,1H3/b4-3-,7-5-,12-10-. The summed E-state index contributed by atoms with van der Waals surface area (Å²) in [6.07, 6.45) is 26.5. The van der Waals surface area contributed by atoms with Crippen LogP contribution in [-0.4, -0.2) is 13.2 Å². The first kappa shape index (κ1) is 20.2. The Bertz CT molecular complexity index is 443. The van der Waals surface area contributed by atoms with Crippen LogP contribution in [0.4, 0.5) is 0 Å². The van der Waals surface area contributed by atoms with Crippen molar-refractivity contribution in [1.82, 2.24) is 0 Å². The van der Waals surface area contributed by atoms with Crippen molar-refractivity contribution in [2.75, 3.05) is 13.2 Å². The molecular formula is C24H38O. The van der Waals surface area contributed by atoms with Gasteiger partial charge in [-0.2, -0.15) is 0 Å². The average Bonchev–Trinajstić information content (AvgIpc) is 2.66. The summed E-state index contributed by atoms with van der Waals surface area (Å²) >= 11 is 0. The number of ether oxygens (including phenoxy) is 1. The third-order valence-electron chi connectivity index (χ3n) is 5.95. The van der Waals surface area contributed by atoms with Gasteiger partial charge in [-0.15, -0.1) is 0 Å². The molecule has 2 rings (SSSR count). The quantitative estimate of drug-likeness (QED) is 0.323. The van der Waals surface area contributed by atoms with E-state index in [1.807, 2.05) is 19.1 Å². The van der Waals surface area contributed by atoms with Gasteiger partial charge >= 0.3 is 0 Å². The molecule has 1 nitrogen and oxygen atoms in total. The van der Waals surface area contributed by atoms with Crippen LogP contribution in [0.2, 0.25) is 0 Å². The van der Waals surface area contributed by atoms with Gasteiger partial charge in [0.15, 0.2) is 0 Å². The van der Waals surface area contributed by atoms with E-state index >= 15 is 0 Å². The number of rotatable bonds is 9. The van der Waals surface area contributed by atoms with Gasteiger partial charge in [0.2, 0.25) is 0 Å². The summed E-state index contributed by atoms with van der Waals surface area (Å²) < 4.78 is 5.89. The highest BCUT2D eigenvalue weighted by Gasteiger charge is 2.28. The number of hydrogen-bond donors (Lipinski definition) is 0. The van der Waals surface area contributed by atoms with Crippen LogP contribution in [0.5, 0.6) is 0 Å². The normalized spacial score (nSPS) is 26.1. The van der Waals surface area contributed by atoms with E-state index in [1.54, 1.807) is 0 Å². The second-order valence-electron chi connectivity index (χ2n) is 7.94. The van der Waals surface area contributed by atoms with Crippen molar-refractivity contribution in [2.45, 2.75) is 71.1 Å². The van der Waals surface area contributed by atoms with Crippen molar-refractivity contribution in [1.29, 1.82) is 0 Å². The fourth-order valence-electron chi connectivity index (χ4n) is 4.43. The Morgan fingerprint density at radius 3 is 2.36 bits per heavy atom. The zero-order valence-corrected chi connectivity index (χ0v) is 16.3. The Kier molecular flexibility index (Phi) is 9.96.